The predicted octanol–water partition coefficient (Wildman–Crippen LogP) is 1.03. The Labute approximate surface area is 119 Å². The minimum Gasteiger partial charge on any atom is -0.374 e. The van der Waals surface area contributed by atoms with Crippen molar-refractivity contribution in [3.05, 3.63) is 0 Å². The molecule has 1 aliphatic heterocycles. The second-order valence-electron chi connectivity index (χ2n) is 5.22. The molecule has 1 N–H and O–H groups in total. The monoisotopic (exact) mass is 314 g/mol. The molecule has 1 saturated heterocycles. The molecule has 5 nitrogen and oxygen atoms in total. The van der Waals surface area contributed by atoms with Crippen LogP contribution in [0.1, 0.15) is 20.3 Å². The summed E-state index contributed by atoms with van der Waals surface area (Å²) in [7, 11) is 0. The van der Waals surface area contributed by atoms with Crippen LogP contribution in [0, 0.1) is 0 Å². The number of halogens is 4. The van der Waals surface area contributed by atoms with Crippen molar-refractivity contribution in [1.82, 2.24) is 10.2 Å². The van der Waals surface area contributed by atoms with Gasteiger partial charge in [0.15, 0.2) is 0 Å². The Kier molecular flexibility index (Phi) is 5.54. The van der Waals surface area contributed by atoms with Gasteiger partial charge in [-0.3, -0.25) is 9.59 Å². The number of hydrogen-bond donors (Lipinski definition) is 1. The van der Waals surface area contributed by atoms with Gasteiger partial charge in [-0.05, 0) is 13.8 Å². The smallest absolute Gasteiger partial charge is 0.330 e. The summed E-state index contributed by atoms with van der Waals surface area (Å²) in [5.41, 5.74) is -1.04. The highest BCUT2D eigenvalue weighted by atomic mass is 19.3. The summed E-state index contributed by atoms with van der Waals surface area (Å²) in [6.07, 6.45) is -4.06. The van der Waals surface area contributed by atoms with E-state index >= 15 is 0 Å². The molecule has 1 aliphatic rings. The van der Waals surface area contributed by atoms with E-state index < -0.39 is 37.0 Å². The van der Waals surface area contributed by atoms with Gasteiger partial charge in [0.05, 0.1) is 13.0 Å². The first-order valence-electron chi connectivity index (χ1n) is 6.41. The first kappa shape index (κ1) is 17.7. The van der Waals surface area contributed by atoms with Crippen molar-refractivity contribution in [2.45, 2.75) is 38.2 Å². The Bertz CT molecular complexity index is 402. The molecule has 0 spiro atoms. The van der Waals surface area contributed by atoms with Crippen LogP contribution in [0.15, 0.2) is 0 Å². The van der Waals surface area contributed by atoms with E-state index in [2.05, 4.69) is 10.1 Å². The molecule has 0 aromatic heterocycles. The lowest BCUT2D eigenvalue weighted by atomic mass is 9.98. The number of hydrogen-bond acceptors (Lipinski definition) is 3. The number of ether oxygens (including phenoxy) is 1. The number of carbonyl (C=O) groups is 2. The molecule has 0 radical (unpaired) electrons. The number of amides is 2. The van der Waals surface area contributed by atoms with Crippen molar-refractivity contribution >= 4 is 11.8 Å². The van der Waals surface area contributed by atoms with Crippen molar-refractivity contribution in [3.8, 4) is 0 Å². The molecule has 122 valence electrons. The third-order valence-corrected chi connectivity index (χ3v) is 3.23. The largest absolute Gasteiger partial charge is 0.374 e. The van der Waals surface area contributed by atoms with Crippen LogP contribution in [-0.4, -0.2) is 60.9 Å². The second-order valence-corrected chi connectivity index (χ2v) is 5.22. The van der Waals surface area contributed by atoms with E-state index in [0.717, 1.165) is 0 Å². The number of carbonyl (C=O) groups excluding carboxylic acids is 2. The first-order chi connectivity index (χ1) is 9.59. The lowest BCUT2D eigenvalue weighted by Gasteiger charge is -2.41. The average Bonchev–Trinajstić information content (AvgIpc) is 2.37. The van der Waals surface area contributed by atoms with Gasteiger partial charge < -0.3 is 15.0 Å². The molecule has 9 heteroatoms. The van der Waals surface area contributed by atoms with Crippen molar-refractivity contribution in [2.24, 2.45) is 0 Å². The van der Waals surface area contributed by atoms with Crippen molar-refractivity contribution in [3.63, 3.8) is 0 Å². The molecule has 0 atom stereocenters. The fourth-order valence-corrected chi connectivity index (χ4v) is 1.90. The maximum atomic E-state index is 12.6. The highest BCUT2D eigenvalue weighted by molar-refractivity contribution is 5.91. The van der Waals surface area contributed by atoms with Crippen molar-refractivity contribution < 1.29 is 31.9 Å². The van der Waals surface area contributed by atoms with Gasteiger partial charge in [0.25, 0.3) is 0 Å². The molecular weight excluding hydrogens is 296 g/mol. The summed E-state index contributed by atoms with van der Waals surface area (Å²) >= 11 is 0. The highest BCUT2D eigenvalue weighted by Gasteiger charge is 2.42. The minimum absolute atomic E-state index is 0.254. The number of piperazine rings is 1. The molecule has 0 aliphatic carbocycles. The average molecular weight is 314 g/mol. The molecule has 0 aromatic rings. The molecule has 0 saturated carbocycles. The van der Waals surface area contributed by atoms with E-state index in [1.54, 1.807) is 13.8 Å². The Morgan fingerprint density at radius 1 is 1.48 bits per heavy atom. The van der Waals surface area contributed by atoms with E-state index in [1.807, 2.05) is 0 Å². The summed E-state index contributed by atoms with van der Waals surface area (Å²) in [4.78, 5) is 24.9. The van der Waals surface area contributed by atoms with Gasteiger partial charge in [0.1, 0.15) is 12.1 Å². The Morgan fingerprint density at radius 3 is 2.67 bits per heavy atom. The fraction of sp³-hybridized carbons (Fsp3) is 0.833. The second kappa shape index (κ2) is 6.59. The number of nitrogens with zero attached hydrogens (tertiary/aromatic N) is 1. The zero-order chi connectivity index (χ0) is 16.3. The lowest BCUT2D eigenvalue weighted by molar-refractivity contribution is -0.168. The van der Waals surface area contributed by atoms with E-state index in [1.165, 1.54) is 4.90 Å². The van der Waals surface area contributed by atoms with Crippen LogP contribution in [0.5, 0.6) is 0 Å². The van der Waals surface area contributed by atoms with E-state index in [-0.39, 0.29) is 12.3 Å². The van der Waals surface area contributed by atoms with E-state index in [9.17, 15) is 27.2 Å². The van der Waals surface area contributed by atoms with Gasteiger partial charge in [-0.15, -0.1) is 0 Å². The third-order valence-electron chi connectivity index (χ3n) is 3.23. The predicted molar refractivity (Wildman–Crippen MR) is 65.2 cm³/mol. The summed E-state index contributed by atoms with van der Waals surface area (Å²) in [5, 5.41) is 2.61. The van der Waals surface area contributed by atoms with Crippen LogP contribution in [0.25, 0.3) is 0 Å². The lowest BCUT2D eigenvalue weighted by Crippen LogP contribution is -2.63. The van der Waals surface area contributed by atoms with Crippen LogP contribution in [-0.2, 0) is 14.3 Å². The maximum absolute atomic E-state index is 12.6. The van der Waals surface area contributed by atoms with Gasteiger partial charge >= 0.3 is 12.3 Å². The Hall–Kier alpha value is -1.38. The minimum atomic E-state index is -4.23. The number of alkyl halides is 4. The third kappa shape index (κ3) is 4.29. The van der Waals surface area contributed by atoms with Gasteiger partial charge in [-0.2, -0.15) is 8.78 Å². The van der Waals surface area contributed by atoms with Crippen LogP contribution >= 0.6 is 0 Å². The van der Waals surface area contributed by atoms with Gasteiger partial charge in [0.2, 0.25) is 11.8 Å². The first-order valence-corrected chi connectivity index (χ1v) is 6.41. The van der Waals surface area contributed by atoms with Crippen molar-refractivity contribution in [1.29, 1.82) is 0 Å². The molecule has 0 aromatic carbocycles. The number of nitrogens with one attached hydrogen (secondary N) is 1. The Morgan fingerprint density at radius 2 is 2.10 bits per heavy atom. The molecule has 1 fully saturated rings. The maximum Gasteiger partial charge on any atom is 0.330 e. The van der Waals surface area contributed by atoms with Crippen LogP contribution in [0.4, 0.5) is 17.6 Å². The van der Waals surface area contributed by atoms with Crippen LogP contribution < -0.4 is 5.32 Å². The van der Waals surface area contributed by atoms with Crippen molar-refractivity contribution in [2.75, 3.05) is 26.3 Å². The fourth-order valence-electron chi connectivity index (χ4n) is 1.90. The summed E-state index contributed by atoms with van der Waals surface area (Å²) < 4.78 is 53.4. The Balaban J connectivity index is 2.42. The SMILES string of the molecule is CC1(C)C(=O)NCCN1C(=O)CCOCC(F)(F)C(F)F. The molecule has 21 heavy (non-hydrogen) atoms. The van der Waals surface area contributed by atoms with Crippen LogP contribution in [0.3, 0.4) is 0 Å². The zero-order valence-electron chi connectivity index (χ0n) is 11.8. The molecule has 0 bridgehead atoms. The molecule has 2 amide bonds. The molecule has 1 rings (SSSR count). The molecule has 1 heterocycles. The van der Waals surface area contributed by atoms with E-state index in [0.29, 0.717) is 13.1 Å². The van der Waals surface area contributed by atoms with Crippen LogP contribution in [0.2, 0.25) is 0 Å². The summed E-state index contributed by atoms with van der Waals surface area (Å²) in [6, 6.07) is 0. The van der Waals surface area contributed by atoms with E-state index in [4.69, 9.17) is 0 Å². The zero-order valence-corrected chi connectivity index (χ0v) is 11.8. The van der Waals surface area contributed by atoms with Gasteiger partial charge in [-0.1, -0.05) is 0 Å². The quantitative estimate of drug-likeness (QED) is 0.588. The molecular formula is C12H18F4N2O3. The normalized spacial score (nSPS) is 18.8. The standard InChI is InChI=1S/C12H18F4N2O3/c1-11(2)10(20)17-4-5-18(11)8(19)3-6-21-7-12(15,16)9(13)14/h9H,3-7H2,1-2H3,(H,17,20). The number of rotatable bonds is 6. The molecule has 0 unspecified atom stereocenters. The topological polar surface area (TPSA) is 58.6 Å². The summed E-state index contributed by atoms with van der Waals surface area (Å²) in [5.74, 6) is -4.99. The van der Waals surface area contributed by atoms with Gasteiger partial charge in [0, 0.05) is 13.1 Å². The highest BCUT2D eigenvalue weighted by Crippen LogP contribution is 2.23. The summed E-state index contributed by atoms with van der Waals surface area (Å²) in [6.45, 7) is 1.87. The van der Waals surface area contributed by atoms with Gasteiger partial charge in [-0.25, -0.2) is 8.78 Å².